The Morgan fingerprint density at radius 1 is 1.44 bits per heavy atom. The monoisotopic (exact) mass is 223 g/mol. The van der Waals surface area contributed by atoms with Gasteiger partial charge in [-0.3, -0.25) is 14.9 Å². The Labute approximate surface area is 93.2 Å². The van der Waals surface area contributed by atoms with Gasteiger partial charge in [0.15, 0.2) is 11.5 Å². The van der Waals surface area contributed by atoms with E-state index in [1.807, 2.05) is 0 Å². The number of benzene rings is 1. The molecule has 1 aromatic rings. The lowest BCUT2D eigenvalue weighted by Crippen LogP contribution is -2.17. The summed E-state index contributed by atoms with van der Waals surface area (Å²) < 4.78 is 5.13. The van der Waals surface area contributed by atoms with Crippen molar-refractivity contribution in [3.8, 4) is 5.75 Å². The summed E-state index contributed by atoms with van der Waals surface area (Å²) in [5.41, 5.74) is -0.126. The normalized spacial score (nSPS) is 10.2. The fourth-order valence-electron chi connectivity index (χ4n) is 1.05. The highest BCUT2D eigenvalue weighted by Gasteiger charge is 2.15. The summed E-state index contributed by atoms with van der Waals surface area (Å²) in [5, 5.41) is 10.6. The van der Waals surface area contributed by atoms with Crippen molar-refractivity contribution in [2.75, 3.05) is 6.61 Å². The fraction of sp³-hybridized carbons (Fsp3) is 0.364. The number of ether oxygens (including phenoxy) is 1. The van der Waals surface area contributed by atoms with Crippen molar-refractivity contribution in [3.63, 3.8) is 0 Å². The molecule has 0 amide bonds. The van der Waals surface area contributed by atoms with Gasteiger partial charge in [0.1, 0.15) is 6.61 Å². The Balaban J connectivity index is 2.74. The number of nitro groups is 1. The standard InChI is InChI=1S/C11H13NO4/c1-8(2)10(13)7-16-11-6-4-3-5-9(11)12(14)15/h3-6,8H,7H2,1-2H3. The van der Waals surface area contributed by atoms with Crippen LogP contribution in [0.2, 0.25) is 0 Å². The number of rotatable bonds is 5. The van der Waals surface area contributed by atoms with Crippen LogP contribution in [-0.2, 0) is 4.79 Å². The number of para-hydroxylation sites is 2. The zero-order chi connectivity index (χ0) is 12.1. The summed E-state index contributed by atoms with van der Waals surface area (Å²) in [6, 6.07) is 6.00. The molecule has 0 saturated carbocycles. The number of hydrogen-bond donors (Lipinski definition) is 0. The third-order valence-electron chi connectivity index (χ3n) is 2.08. The van der Waals surface area contributed by atoms with Gasteiger partial charge in [0.05, 0.1) is 4.92 Å². The van der Waals surface area contributed by atoms with Gasteiger partial charge in [-0.15, -0.1) is 0 Å². The predicted octanol–water partition coefficient (Wildman–Crippen LogP) is 2.20. The summed E-state index contributed by atoms with van der Waals surface area (Å²) in [7, 11) is 0. The van der Waals surface area contributed by atoms with E-state index in [1.54, 1.807) is 26.0 Å². The van der Waals surface area contributed by atoms with Crippen LogP contribution < -0.4 is 4.74 Å². The SMILES string of the molecule is CC(C)C(=O)COc1ccccc1[N+](=O)[O-]. The van der Waals surface area contributed by atoms with E-state index < -0.39 is 4.92 Å². The van der Waals surface area contributed by atoms with E-state index in [4.69, 9.17) is 4.74 Å². The molecule has 1 aromatic carbocycles. The zero-order valence-corrected chi connectivity index (χ0v) is 9.17. The molecule has 0 atom stereocenters. The molecule has 0 N–H and O–H groups in total. The van der Waals surface area contributed by atoms with Crippen LogP contribution in [0.25, 0.3) is 0 Å². The molecular weight excluding hydrogens is 210 g/mol. The van der Waals surface area contributed by atoms with E-state index in [2.05, 4.69) is 0 Å². The Kier molecular flexibility index (Phi) is 3.99. The molecule has 0 unspecified atom stereocenters. The number of carbonyl (C=O) groups excluding carboxylic acids is 1. The van der Waals surface area contributed by atoms with Crippen LogP contribution in [0.15, 0.2) is 24.3 Å². The Morgan fingerprint density at radius 3 is 2.62 bits per heavy atom. The molecule has 16 heavy (non-hydrogen) atoms. The summed E-state index contributed by atoms with van der Waals surface area (Å²) >= 11 is 0. The van der Waals surface area contributed by atoms with Gasteiger partial charge in [0.2, 0.25) is 0 Å². The van der Waals surface area contributed by atoms with Crippen molar-refractivity contribution in [3.05, 3.63) is 34.4 Å². The summed E-state index contributed by atoms with van der Waals surface area (Å²) in [6.45, 7) is 3.37. The molecule has 0 aromatic heterocycles. The number of carbonyl (C=O) groups is 1. The van der Waals surface area contributed by atoms with Gasteiger partial charge in [-0.2, -0.15) is 0 Å². The van der Waals surface area contributed by atoms with Crippen molar-refractivity contribution in [2.45, 2.75) is 13.8 Å². The van der Waals surface area contributed by atoms with Crippen molar-refractivity contribution < 1.29 is 14.5 Å². The number of nitro benzene ring substituents is 1. The minimum Gasteiger partial charge on any atom is -0.479 e. The molecule has 0 aliphatic heterocycles. The number of ketones is 1. The maximum absolute atomic E-state index is 11.3. The van der Waals surface area contributed by atoms with Gasteiger partial charge in [-0.05, 0) is 6.07 Å². The first-order valence-corrected chi connectivity index (χ1v) is 4.91. The van der Waals surface area contributed by atoms with Gasteiger partial charge in [0, 0.05) is 12.0 Å². The number of Topliss-reactive ketones (excluding diaryl/α,β-unsaturated/α-hetero) is 1. The minimum atomic E-state index is -0.533. The van der Waals surface area contributed by atoms with Crippen LogP contribution in [0.1, 0.15) is 13.8 Å². The average molecular weight is 223 g/mol. The average Bonchev–Trinajstić information content (AvgIpc) is 2.25. The van der Waals surface area contributed by atoms with Crippen molar-refractivity contribution in [1.82, 2.24) is 0 Å². The van der Waals surface area contributed by atoms with Crippen molar-refractivity contribution >= 4 is 11.5 Å². The first-order valence-electron chi connectivity index (χ1n) is 4.91. The van der Waals surface area contributed by atoms with Gasteiger partial charge < -0.3 is 4.74 Å². The van der Waals surface area contributed by atoms with Crippen LogP contribution >= 0.6 is 0 Å². The molecule has 0 saturated heterocycles. The second-order valence-electron chi connectivity index (χ2n) is 3.63. The molecule has 5 heteroatoms. The topological polar surface area (TPSA) is 69.4 Å². The Hall–Kier alpha value is -1.91. The Bertz CT molecular complexity index is 401. The van der Waals surface area contributed by atoms with Gasteiger partial charge in [0.25, 0.3) is 0 Å². The third kappa shape index (κ3) is 3.05. The van der Waals surface area contributed by atoms with E-state index in [9.17, 15) is 14.9 Å². The first kappa shape index (κ1) is 12.2. The predicted molar refractivity (Wildman–Crippen MR) is 58.4 cm³/mol. The van der Waals surface area contributed by atoms with Gasteiger partial charge >= 0.3 is 5.69 Å². The third-order valence-corrected chi connectivity index (χ3v) is 2.08. The molecule has 0 aliphatic carbocycles. The molecule has 5 nitrogen and oxygen atoms in total. The molecule has 1 rings (SSSR count). The molecule has 0 fully saturated rings. The highest BCUT2D eigenvalue weighted by atomic mass is 16.6. The lowest BCUT2D eigenvalue weighted by atomic mass is 10.1. The Morgan fingerprint density at radius 2 is 2.06 bits per heavy atom. The lowest BCUT2D eigenvalue weighted by Gasteiger charge is -2.07. The maximum atomic E-state index is 11.3. The first-order chi connectivity index (χ1) is 7.52. The molecule has 0 heterocycles. The summed E-state index contributed by atoms with van der Waals surface area (Å²) in [6.07, 6.45) is 0. The van der Waals surface area contributed by atoms with Crippen LogP contribution in [0, 0.1) is 16.0 Å². The molecule has 0 bridgehead atoms. The van der Waals surface area contributed by atoms with E-state index >= 15 is 0 Å². The second kappa shape index (κ2) is 5.25. The molecule has 0 radical (unpaired) electrons. The molecule has 86 valence electrons. The minimum absolute atomic E-state index is 0.0850. The highest BCUT2D eigenvalue weighted by molar-refractivity contribution is 5.81. The van der Waals surface area contributed by atoms with Crippen molar-refractivity contribution in [2.24, 2.45) is 5.92 Å². The smallest absolute Gasteiger partial charge is 0.310 e. The fourth-order valence-corrected chi connectivity index (χ4v) is 1.05. The lowest BCUT2D eigenvalue weighted by molar-refractivity contribution is -0.385. The van der Waals surface area contributed by atoms with E-state index in [0.717, 1.165) is 0 Å². The summed E-state index contributed by atoms with van der Waals surface area (Å²) in [4.78, 5) is 21.4. The van der Waals surface area contributed by atoms with Crippen LogP contribution in [0.3, 0.4) is 0 Å². The largest absolute Gasteiger partial charge is 0.479 e. The maximum Gasteiger partial charge on any atom is 0.310 e. The molecular formula is C11H13NO4. The quantitative estimate of drug-likeness (QED) is 0.566. The zero-order valence-electron chi connectivity index (χ0n) is 9.17. The molecule has 0 aliphatic rings. The highest BCUT2D eigenvalue weighted by Crippen LogP contribution is 2.25. The van der Waals surface area contributed by atoms with Crippen LogP contribution in [0.4, 0.5) is 5.69 Å². The number of hydrogen-bond acceptors (Lipinski definition) is 4. The second-order valence-corrected chi connectivity index (χ2v) is 3.63. The van der Waals surface area contributed by atoms with Crippen LogP contribution in [-0.4, -0.2) is 17.3 Å². The van der Waals surface area contributed by atoms with Gasteiger partial charge in [-0.1, -0.05) is 26.0 Å². The van der Waals surface area contributed by atoms with Crippen LogP contribution in [0.5, 0.6) is 5.75 Å². The van der Waals surface area contributed by atoms with Crippen molar-refractivity contribution in [1.29, 1.82) is 0 Å². The summed E-state index contributed by atoms with van der Waals surface area (Å²) in [5.74, 6) is -0.0950. The van der Waals surface area contributed by atoms with E-state index in [-0.39, 0.29) is 29.7 Å². The van der Waals surface area contributed by atoms with Gasteiger partial charge in [-0.25, -0.2) is 0 Å². The van der Waals surface area contributed by atoms with E-state index in [1.165, 1.54) is 12.1 Å². The number of nitrogens with zero attached hydrogens (tertiary/aromatic N) is 1. The van der Waals surface area contributed by atoms with E-state index in [0.29, 0.717) is 0 Å². The molecule has 0 spiro atoms.